The van der Waals surface area contributed by atoms with Gasteiger partial charge in [0.25, 0.3) is 0 Å². The Morgan fingerprint density at radius 3 is 2.84 bits per heavy atom. The van der Waals surface area contributed by atoms with Crippen molar-refractivity contribution in [2.75, 3.05) is 7.11 Å². The number of nitrogens with zero attached hydrogens (tertiary/aromatic N) is 1. The molecule has 0 saturated carbocycles. The lowest BCUT2D eigenvalue weighted by atomic mass is 10.1. The molecule has 0 atom stereocenters. The van der Waals surface area contributed by atoms with Crippen LogP contribution in [0.1, 0.15) is 25.1 Å². The largest absolute Gasteiger partial charge is 0.496 e. The first-order valence-corrected chi connectivity index (χ1v) is 6.42. The molecule has 19 heavy (non-hydrogen) atoms. The number of methoxy groups -OCH3 is 1. The molecule has 0 amide bonds. The Morgan fingerprint density at radius 2 is 2.16 bits per heavy atom. The minimum atomic E-state index is 0.406. The Morgan fingerprint density at radius 1 is 1.37 bits per heavy atom. The van der Waals surface area contributed by atoms with Crippen LogP contribution in [0, 0.1) is 6.92 Å². The zero-order chi connectivity index (χ0) is 13.8. The van der Waals surface area contributed by atoms with Gasteiger partial charge in [0, 0.05) is 12.6 Å². The Labute approximate surface area is 113 Å². The number of benzene rings is 1. The van der Waals surface area contributed by atoms with Crippen molar-refractivity contribution >= 4 is 0 Å². The van der Waals surface area contributed by atoms with E-state index in [4.69, 9.17) is 9.15 Å². The predicted molar refractivity (Wildman–Crippen MR) is 75.2 cm³/mol. The first-order valence-electron chi connectivity index (χ1n) is 6.42. The summed E-state index contributed by atoms with van der Waals surface area (Å²) in [6.45, 7) is 6.94. The highest BCUT2D eigenvalue weighted by atomic mass is 16.5. The smallest absolute Gasteiger partial charge is 0.181 e. The number of hydrogen-bond acceptors (Lipinski definition) is 4. The number of rotatable bonds is 5. The van der Waals surface area contributed by atoms with Crippen LogP contribution in [0.25, 0.3) is 11.3 Å². The summed E-state index contributed by atoms with van der Waals surface area (Å²) in [6.07, 6.45) is 1.48. The summed E-state index contributed by atoms with van der Waals surface area (Å²) in [5.41, 5.74) is 3.01. The van der Waals surface area contributed by atoms with E-state index in [0.29, 0.717) is 12.6 Å². The fourth-order valence-electron chi connectivity index (χ4n) is 1.91. The van der Waals surface area contributed by atoms with E-state index in [2.05, 4.69) is 30.2 Å². The molecule has 1 aromatic heterocycles. The van der Waals surface area contributed by atoms with E-state index in [1.807, 2.05) is 19.1 Å². The summed E-state index contributed by atoms with van der Waals surface area (Å²) in [6, 6.07) is 6.43. The molecule has 4 heteroatoms. The highest BCUT2D eigenvalue weighted by Crippen LogP contribution is 2.32. The molecule has 1 heterocycles. The number of oxazole rings is 1. The zero-order valence-electron chi connectivity index (χ0n) is 11.9. The van der Waals surface area contributed by atoms with Crippen molar-refractivity contribution in [3.8, 4) is 17.1 Å². The third-order valence-corrected chi connectivity index (χ3v) is 2.92. The average Bonchev–Trinajstić information content (AvgIpc) is 2.84. The second-order valence-corrected chi connectivity index (χ2v) is 4.87. The minimum absolute atomic E-state index is 0.406. The van der Waals surface area contributed by atoms with Gasteiger partial charge in [0.15, 0.2) is 12.2 Å². The highest BCUT2D eigenvalue weighted by Gasteiger charge is 2.15. The minimum Gasteiger partial charge on any atom is -0.496 e. The molecule has 0 aliphatic heterocycles. The van der Waals surface area contributed by atoms with Crippen molar-refractivity contribution in [2.24, 2.45) is 0 Å². The number of aromatic nitrogens is 1. The summed E-state index contributed by atoms with van der Waals surface area (Å²) in [5, 5.41) is 3.35. The van der Waals surface area contributed by atoms with Crippen molar-refractivity contribution in [2.45, 2.75) is 33.4 Å². The summed E-state index contributed by atoms with van der Waals surface area (Å²) < 4.78 is 10.9. The van der Waals surface area contributed by atoms with Crippen LogP contribution in [0.5, 0.6) is 5.75 Å². The van der Waals surface area contributed by atoms with Gasteiger partial charge in [-0.25, -0.2) is 4.98 Å². The third kappa shape index (κ3) is 3.15. The van der Waals surface area contributed by atoms with E-state index in [0.717, 1.165) is 28.3 Å². The summed E-state index contributed by atoms with van der Waals surface area (Å²) >= 11 is 0. The predicted octanol–water partition coefficient (Wildman–Crippen LogP) is 3.16. The second-order valence-electron chi connectivity index (χ2n) is 4.87. The molecule has 2 rings (SSSR count). The SMILES string of the molecule is COc1ccc(C)cc1-c1ocnc1CNC(C)C. The molecule has 0 aliphatic rings. The van der Waals surface area contributed by atoms with E-state index >= 15 is 0 Å². The quantitative estimate of drug-likeness (QED) is 0.897. The molecule has 2 aromatic rings. The van der Waals surface area contributed by atoms with Gasteiger partial charge in [-0.1, -0.05) is 25.5 Å². The molecule has 102 valence electrons. The van der Waals surface area contributed by atoms with Gasteiger partial charge in [-0.2, -0.15) is 0 Å². The molecule has 0 spiro atoms. The van der Waals surface area contributed by atoms with Crippen LogP contribution >= 0.6 is 0 Å². The van der Waals surface area contributed by atoms with Crippen LogP contribution in [-0.4, -0.2) is 18.1 Å². The average molecular weight is 260 g/mol. The number of ether oxygens (including phenoxy) is 1. The third-order valence-electron chi connectivity index (χ3n) is 2.92. The summed E-state index contributed by atoms with van der Waals surface area (Å²) in [5.74, 6) is 1.57. The number of nitrogens with one attached hydrogen (secondary N) is 1. The molecule has 0 aliphatic carbocycles. The van der Waals surface area contributed by atoms with E-state index in [9.17, 15) is 0 Å². The molecule has 1 N–H and O–H groups in total. The van der Waals surface area contributed by atoms with Crippen LogP contribution < -0.4 is 10.1 Å². The lowest BCUT2D eigenvalue weighted by Crippen LogP contribution is -2.22. The van der Waals surface area contributed by atoms with Gasteiger partial charge < -0.3 is 14.5 Å². The molecule has 0 saturated heterocycles. The normalized spacial score (nSPS) is 11.0. The molecule has 4 nitrogen and oxygen atoms in total. The summed E-state index contributed by atoms with van der Waals surface area (Å²) in [7, 11) is 1.66. The van der Waals surface area contributed by atoms with Crippen LogP contribution in [0.3, 0.4) is 0 Å². The van der Waals surface area contributed by atoms with Crippen molar-refractivity contribution in [3.05, 3.63) is 35.9 Å². The summed E-state index contributed by atoms with van der Waals surface area (Å²) in [4.78, 5) is 4.28. The maximum Gasteiger partial charge on any atom is 0.181 e. The first kappa shape index (κ1) is 13.6. The van der Waals surface area contributed by atoms with Crippen molar-refractivity contribution in [3.63, 3.8) is 0 Å². The van der Waals surface area contributed by atoms with Gasteiger partial charge in [0.05, 0.1) is 12.7 Å². The molecule has 0 fully saturated rings. The van der Waals surface area contributed by atoms with Crippen molar-refractivity contribution in [1.29, 1.82) is 0 Å². The zero-order valence-corrected chi connectivity index (χ0v) is 11.9. The highest BCUT2D eigenvalue weighted by molar-refractivity contribution is 5.68. The topological polar surface area (TPSA) is 47.3 Å². The van der Waals surface area contributed by atoms with Crippen molar-refractivity contribution in [1.82, 2.24) is 10.3 Å². The number of hydrogen-bond donors (Lipinski definition) is 1. The Balaban J connectivity index is 2.36. The number of aryl methyl sites for hydroxylation is 1. The fourth-order valence-corrected chi connectivity index (χ4v) is 1.91. The standard InChI is InChI=1S/C15H20N2O2/c1-10(2)16-8-13-15(19-9-17-13)12-7-11(3)5-6-14(12)18-4/h5-7,9-10,16H,8H2,1-4H3. The molecular weight excluding hydrogens is 240 g/mol. The lowest BCUT2D eigenvalue weighted by Gasteiger charge is -2.10. The maximum atomic E-state index is 5.55. The molecular formula is C15H20N2O2. The maximum absolute atomic E-state index is 5.55. The van der Waals surface area contributed by atoms with Crippen molar-refractivity contribution < 1.29 is 9.15 Å². The lowest BCUT2D eigenvalue weighted by molar-refractivity contribution is 0.414. The monoisotopic (exact) mass is 260 g/mol. The second kappa shape index (κ2) is 5.89. The molecule has 1 aromatic carbocycles. The Bertz CT molecular complexity index is 547. The molecule has 0 radical (unpaired) electrons. The van der Waals surface area contributed by atoms with Gasteiger partial charge >= 0.3 is 0 Å². The van der Waals surface area contributed by atoms with Crippen LogP contribution in [0.4, 0.5) is 0 Å². The van der Waals surface area contributed by atoms with Crippen LogP contribution in [0.2, 0.25) is 0 Å². The Hall–Kier alpha value is -1.81. The van der Waals surface area contributed by atoms with Gasteiger partial charge in [-0.3, -0.25) is 0 Å². The van der Waals surface area contributed by atoms with Gasteiger partial charge in [0.1, 0.15) is 11.4 Å². The Kier molecular flexibility index (Phi) is 4.22. The van der Waals surface area contributed by atoms with E-state index in [-0.39, 0.29) is 0 Å². The van der Waals surface area contributed by atoms with Crippen LogP contribution in [-0.2, 0) is 6.54 Å². The van der Waals surface area contributed by atoms with E-state index in [1.54, 1.807) is 7.11 Å². The first-order chi connectivity index (χ1) is 9.11. The van der Waals surface area contributed by atoms with Gasteiger partial charge in [-0.15, -0.1) is 0 Å². The van der Waals surface area contributed by atoms with E-state index in [1.165, 1.54) is 6.39 Å². The fraction of sp³-hybridized carbons (Fsp3) is 0.400. The van der Waals surface area contributed by atoms with Gasteiger partial charge in [-0.05, 0) is 19.1 Å². The van der Waals surface area contributed by atoms with Gasteiger partial charge in [0.2, 0.25) is 0 Å². The van der Waals surface area contributed by atoms with Crippen LogP contribution in [0.15, 0.2) is 29.0 Å². The van der Waals surface area contributed by atoms with E-state index < -0.39 is 0 Å². The molecule has 0 bridgehead atoms. The molecule has 0 unspecified atom stereocenters.